The molecule has 1 aliphatic rings. The first-order chi connectivity index (χ1) is 15.5. The van der Waals surface area contributed by atoms with Gasteiger partial charge in [-0.2, -0.15) is 0 Å². The van der Waals surface area contributed by atoms with Gasteiger partial charge in [-0.3, -0.25) is 4.79 Å². The lowest BCUT2D eigenvalue weighted by atomic mass is 10.2. The van der Waals surface area contributed by atoms with E-state index in [9.17, 15) is 4.79 Å². The van der Waals surface area contributed by atoms with Crippen LogP contribution in [-0.2, 0) is 6.61 Å². The van der Waals surface area contributed by atoms with Crippen molar-refractivity contribution in [1.82, 2.24) is 9.38 Å². The lowest BCUT2D eigenvalue weighted by Gasteiger charge is -2.20. The summed E-state index contributed by atoms with van der Waals surface area (Å²) in [4.78, 5) is 17.3. The maximum atomic E-state index is 12.8. The Labute approximate surface area is 189 Å². The van der Waals surface area contributed by atoms with E-state index in [1.54, 1.807) is 36.4 Å². The Balaban J connectivity index is 1.28. The van der Waals surface area contributed by atoms with Crippen molar-refractivity contribution in [2.75, 3.05) is 18.5 Å². The number of imidazole rings is 1. The van der Waals surface area contributed by atoms with Crippen molar-refractivity contribution in [2.45, 2.75) is 13.5 Å². The Morgan fingerprint density at radius 3 is 2.78 bits per heavy atom. The van der Waals surface area contributed by atoms with Crippen LogP contribution in [0.1, 0.15) is 21.6 Å². The molecule has 3 heterocycles. The van der Waals surface area contributed by atoms with Gasteiger partial charge in [0.15, 0.2) is 11.5 Å². The number of pyridine rings is 1. The van der Waals surface area contributed by atoms with Crippen molar-refractivity contribution >= 4 is 28.8 Å². The molecule has 0 unspecified atom stereocenters. The molecule has 2 aromatic heterocycles. The van der Waals surface area contributed by atoms with Crippen LogP contribution >= 0.6 is 11.6 Å². The molecule has 1 amide bonds. The minimum Gasteiger partial charge on any atom is -0.487 e. The standard InChI is InChI=1S/C24H20ClN3O4/c1-15-5-6-23-26-17(13-28(23)12-15)14-32-18-4-2-3-16(9-18)24(29)27-20-11-22-21(10-19(20)25)30-7-8-31-22/h2-6,9-13H,7-8,14H2,1H3,(H,27,29). The second-order valence-electron chi connectivity index (χ2n) is 7.45. The number of hydrogen-bond acceptors (Lipinski definition) is 5. The van der Waals surface area contributed by atoms with Gasteiger partial charge < -0.3 is 23.9 Å². The molecule has 7 nitrogen and oxygen atoms in total. The van der Waals surface area contributed by atoms with E-state index < -0.39 is 0 Å². The van der Waals surface area contributed by atoms with Gasteiger partial charge in [0.2, 0.25) is 0 Å². The fourth-order valence-electron chi connectivity index (χ4n) is 3.46. The smallest absolute Gasteiger partial charge is 0.255 e. The fraction of sp³-hybridized carbons (Fsp3) is 0.167. The molecule has 0 bridgehead atoms. The molecule has 0 aliphatic carbocycles. The fourth-order valence-corrected chi connectivity index (χ4v) is 3.66. The Bertz CT molecular complexity index is 1320. The number of ether oxygens (including phenoxy) is 3. The van der Waals surface area contributed by atoms with Crippen molar-refractivity contribution in [1.29, 1.82) is 0 Å². The lowest BCUT2D eigenvalue weighted by molar-refractivity contribution is 0.102. The summed E-state index contributed by atoms with van der Waals surface area (Å²) in [6.07, 6.45) is 3.95. The molecular weight excluding hydrogens is 430 g/mol. The number of carbonyl (C=O) groups excluding carboxylic acids is 1. The molecule has 0 saturated heterocycles. The van der Waals surface area contributed by atoms with Gasteiger partial charge in [-0.25, -0.2) is 4.98 Å². The highest BCUT2D eigenvalue weighted by atomic mass is 35.5. The summed E-state index contributed by atoms with van der Waals surface area (Å²) in [5.41, 5.74) is 3.71. The largest absolute Gasteiger partial charge is 0.487 e. The number of hydrogen-bond donors (Lipinski definition) is 1. The molecule has 0 fully saturated rings. The van der Waals surface area contributed by atoms with Crippen molar-refractivity contribution in [3.05, 3.63) is 82.8 Å². The molecule has 0 atom stereocenters. The van der Waals surface area contributed by atoms with E-state index in [2.05, 4.69) is 10.3 Å². The molecule has 2 aromatic carbocycles. The predicted octanol–water partition coefficient (Wildman–Crippen LogP) is 4.90. The number of nitrogens with one attached hydrogen (secondary N) is 1. The van der Waals surface area contributed by atoms with Crippen LogP contribution < -0.4 is 19.5 Å². The van der Waals surface area contributed by atoms with E-state index in [-0.39, 0.29) is 5.91 Å². The highest BCUT2D eigenvalue weighted by Crippen LogP contribution is 2.38. The predicted molar refractivity (Wildman–Crippen MR) is 121 cm³/mol. The van der Waals surface area contributed by atoms with Crippen LogP contribution in [0.2, 0.25) is 5.02 Å². The topological polar surface area (TPSA) is 74.1 Å². The molecule has 4 aromatic rings. The molecular formula is C24H20ClN3O4. The Morgan fingerprint density at radius 2 is 1.94 bits per heavy atom. The van der Waals surface area contributed by atoms with Crippen molar-refractivity contribution < 1.29 is 19.0 Å². The highest BCUT2D eigenvalue weighted by Gasteiger charge is 2.17. The van der Waals surface area contributed by atoms with Gasteiger partial charge in [0.1, 0.15) is 31.2 Å². The van der Waals surface area contributed by atoms with Crippen LogP contribution in [0, 0.1) is 6.92 Å². The maximum absolute atomic E-state index is 12.8. The van der Waals surface area contributed by atoms with Gasteiger partial charge in [-0.15, -0.1) is 0 Å². The normalized spacial score (nSPS) is 12.6. The minimum absolute atomic E-state index is 0.291. The summed E-state index contributed by atoms with van der Waals surface area (Å²) >= 11 is 6.30. The summed E-state index contributed by atoms with van der Waals surface area (Å²) in [6, 6.07) is 14.2. The van der Waals surface area contributed by atoms with Crippen LogP contribution in [0.15, 0.2) is 60.9 Å². The molecule has 5 rings (SSSR count). The number of fused-ring (bicyclic) bond motifs is 2. The number of aryl methyl sites for hydroxylation is 1. The summed E-state index contributed by atoms with van der Waals surface area (Å²) < 4.78 is 18.9. The first kappa shape index (κ1) is 20.2. The summed E-state index contributed by atoms with van der Waals surface area (Å²) in [6.45, 7) is 3.24. The quantitative estimate of drug-likeness (QED) is 0.469. The van der Waals surface area contributed by atoms with Gasteiger partial charge in [0.25, 0.3) is 5.91 Å². The number of nitrogens with zero attached hydrogens (tertiary/aromatic N) is 2. The number of benzene rings is 2. The zero-order chi connectivity index (χ0) is 22.1. The highest BCUT2D eigenvalue weighted by molar-refractivity contribution is 6.34. The molecule has 32 heavy (non-hydrogen) atoms. The number of anilines is 1. The Kier molecular flexibility index (Phi) is 5.33. The summed E-state index contributed by atoms with van der Waals surface area (Å²) in [5, 5.41) is 3.20. The summed E-state index contributed by atoms with van der Waals surface area (Å²) in [5.74, 6) is 1.38. The third-order valence-corrected chi connectivity index (χ3v) is 5.32. The molecule has 0 spiro atoms. The molecule has 0 saturated carbocycles. The zero-order valence-corrected chi connectivity index (χ0v) is 18.1. The average Bonchev–Trinajstić information content (AvgIpc) is 3.20. The van der Waals surface area contributed by atoms with E-state index in [1.165, 1.54) is 0 Å². The SMILES string of the molecule is Cc1ccc2nc(COc3cccc(C(=O)Nc4cc5c(cc4Cl)OCCO5)c3)cn2c1. The van der Waals surface area contributed by atoms with Crippen LogP contribution in [0.25, 0.3) is 5.65 Å². The van der Waals surface area contributed by atoms with Crippen molar-refractivity contribution in [2.24, 2.45) is 0 Å². The van der Waals surface area contributed by atoms with Gasteiger partial charge in [-0.1, -0.05) is 23.7 Å². The second-order valence-corrected chi connectivity index (χ2v) is 7.86. The summed E-state index contributed by atoms with van der Waals surface area (Å²) in [7, 11) is 0. The second kappa shape index (κ2) is 8.43. The third kappa shape index (κ3) is 4.20. The van der Waals surface area contributed by atoms with E-state index in [1.807, 2.05) is 35.9 Å². The van der Waals surface area contributed by atoms with Gasteiger partial charge >= 0.3 is 0 Å². The van der Waals surface area contributed by atoms with E-state index in [4.69, 9.17) is 25.8 Å². The molecule has 1 aliphatic heterocycles. The Morgan fingerprint density at radius 1 is 1.12 bits per heavy atom. The number of rotatable bonds is 5. The number of amides is 1. The van der Waals surface area contributed by atoms with E-state index in [0.717, 1.165) is 16.9 Å². The zero-order valence-electron chi connectivity index (χ0n) is 17.3. The number of aromatic nitrogens is 2. The molecule has 1 N–H and O–H groups in total. The first-order valence-corrected chi connectivity index (χ1v) is 10.5. The molecule has 162 valence electrons. The average molecular weight is 450 g/mol. The van der Waals surface area contributed by atoms with Crippen LogP contribution in [0.5, 0.6) is 17.2 Å². The van der Waals surface area contributed by atoms with Gasteiger partial charge in [0.05, 0.1) is 16.4 Å². The number of carbonyl (C=O) groups is 1. The van der Waals surface area contributed by atoms with E-state index in [0.29, 0.717) is 53.3 Å². The number of halogens is 1. The van der Waals surface area contributed by atoms with Crippen LogP contribution in [0.4, 0.5) is 5.69 Å². The van der Waals surface area contributed by atoms with Crippen molar-refractivity contribution in [3.63, 3.8) is 0 Å². The van der Waals surface area contributed by atoms with Gasteiger partial charge in [0, 0.05) is 30.1 Å². The Hall–Kier alpha value is -3.71. The van der Waals surface area contributed by atoms with Crippen LogP contribution in [-0.4, -0.2) is 28.5 Å². The van der Waals surface area contributed by atoms with Crippen LogP contribution in [0.3, 0.4) is 0 Å². The molecule has 8 heteroatoms. The monoisotopic (exact) mass is 449 g/mol. The lowest BCUT2D eigenvalue weighted by Crippen LogP contribution is -2.17. The molecule has 0 radical (unpaired) electrons. The van der Waals surface area contributed by atoms with Gasteiger partial charge in [-0.05, 0) is 36.8 Å². The minimum atomic E-state index is -0.308. The van der Waals surface area contributed by atoms with E-state index >= 15 is 0 Å². The first-order valence-electron chi connectivity index (χ1n) is 10.1. The van der Waals surface area contributed by atoms with Crippen molar-refractivity contribution in [3.8, 4) is 17.2 Å². The maximum Gasteiger partial charge on any atom is 0.255 e. The third-order valence-electron chi connectivity index (χ3n) is 5.01.